The van der Waals surface area contributed by atoms with E-state index < -0.39 is 6.10 Å². The molecule has 150 valence electrons. The molecular formula is C23H29NO4. The standard InChI is InChI=1S/C23H29NO4/c1-23(2)16-28-22(24-23)20-11-7-6-10-18(20)12-19(21(26)13-25)15-27-14-17-8-4-3-5-9-17/h3-11,19,21,25-26H,12-16H2,1-2H3. The second-order valence-electron chi connectivity index (χ2n) is 7.89. The normalized spacial score (nSPS) is 17.6. The van der Waals surface area contributed by atoms with Gasteiger partial charge in [-0.2, -0.15) is 0 Å². The lowest BCUT2D eigenvalue weighted by atomic mass is 9.92. The van der Waals surface area contributed by atoms with Gasteiger partial charge in [0.15, 0.2) is 0 Å². The second kappa shape index (κ2) is 9.32. The Morgan fingerprint density at radius 1 is 1.11 bits per heavy atom. The van der Waals surface area contributed by atoms with Crippen LogP contribution in [0.25, 0.3) is 0 Å². The third-order valence-electron chi connectivity index (χ3n) is 4.87. The van der Waals surface area contributed by atoms with E-state index in [1.54, 1.807) is 0 Å². The maximum Gasteiger partial charge on any atom is 0.217 e. The number of hydrogen-bond acceptors (Lipinski definition) is 5. The largest absolute Gasteiger partial charge is 0.475 e. The molecule has 1 aliphatic heterocycles. The Bertz CT molecular complexity index is 788. The summed E-state index contributed by atoms with van der Waals surface area (Å²) in [5.41, 5.74) is 2.81. The lowest BCUT2D eigenvalue weighted by Crippen LogP contribution is -2.30. The minimum atomic E-state index is -0.855. The molecule has 2 aromatic rings. The zero-order valence-corrected chi connectivity index (χ0v) is 16.5. The third kappa shape index (κ3) is 5.41. The zero-order valence-electron chi connectivity index (χ0n) is 16.5. The van der Waals surface area contributed by atoms with Gasteiger partial charge in [0, 0.05) is 11.5 Å². The van der Waals surface area contributed by atoms with Crippen LogP contribution in [0, 0.1) is 5.92 Å². The molecule has 5 heteroatoms. The average Bonchev–Trinajstić information content (AvgIpc) is 3.07. The van der Waals surface area contributed by atoms with Gasteiger partial charge in [-0.3, -0.25) is 0 Å². The van der Waals surface area contributed by atoms with Crippen LogP contribution in [-0.2, 0) is 22.5 Å². The fraction of sp³-hybridized carbons (Fsp3) is 0.435. The van der Waals surface area contributed by atoms with Gasteiger partial charge in [0.1, 0.15) is 6.61 Å². The van der Waals surface area contributed by atoms with Crippen molar-refractivity contribution in [3.8, 4) is 0 Å². The highest BCUT2D eigenvalue weighted by Crippen LogP contribution is 2.25. The zero-order chi connectivity index (χ0) is 20.0. The summed E-state index contributed by atoms with van der Waals surface area (Å²) in [6.45, 7) is 5.16. The summed E-state index contributed by atoms with van der Waals surface area (Å²) in [7, 11) is 0. The number of aliphatic imine (C=N–C) groups is 1. The molecule has 0 spiro atoms. The predicted molar refractivity (Wildman–Crippen MR) is 109 cm³/mol. The summed E-state index contributed by atoms with van der Waals surface area (Å²) in [5.74, 6) is 0.410. The molecule has 3 rings (SSSR count). The molecule has 5 nitrogen and oxygen atoms in total. The highest BCUT2D eigenvalue weighted by molar-refractivity contribution is 5.96. The summed E-state index contributed by atoms with van der Waals surface area (Å²) < 4.78 is 11.7. The minimum absolute atomic E-state index is 0.231. The highest BCUT2D eigenvalue weighted by Gasteiger charge is 2.29. The fourth-order valence-electron chi connectivity index (χ4n) is 3.27. The number of aliphatic hydroxyl groups excluding tert-OH is 2. The first-order valence-corrected chi connectivity index (χ1v) is 9.70. The van der Waals surface area contributed by atoms with Crippen molar-refractivity contribution in [1.29, 1.82) is 0 Å². The summed E-state index contributed by atoms with van der Waals surface area (Å²) in [6, 6.07) is 17.8. The lowest BCUT2D eigenvalue weighted by molar-refractivity contribution is -0.00525. The molecule has 28 heavy (non-hydrogen) atoms. The molecule has 0 fully saturated rings. The van der Waals surface area contributed by atoms with E-state index in [0.717, 1.165) is 16.7 Å². The second-order valence-corrected chi connectivity index (χ2v) is 7.89. The Morgan fingerprint density at radius 3 is 2.50 bits per heavy atom. The van der Waals surface area contributed by atoms with Gasteiger partial charge in [-0.15, -0.1) is 0 Å². The summed E-state index contributed by atoms with van der Waals surface area (Å²) in [6.07, 6.45) is -0.290. The molecule has 0 radical (unpaired) electrons. The van der Waals surface area contributed by atoms with Gasteiger partial charge in [-0.1, -0.05) is 48.5 Å². The first kappa shape index (κ1) is 20.5. The molecule has 0 aromatic heterocycles. The van der Waals surface area contributed by atoms with Crippen LogP contribution in [0.1, 0.15) is 30.5 Å². The van der Waals surface area contributed by atoms with E-state index in [4.69, 9.17) is 9.47 Å². The first-order chi connectivity index (χ1) is 13.5. The van der Waals surface area contributed by atoms with E-state index in [0.29, 0.717) is 32.1 Å². The van der Waals surface area contributed by atoms with Gasteiger partial charge in [-0.05, 0) is 37.5 Å². The molecule has 1 heterocycles. The van der Waals surface area contributed by atoms with E-state index in [1.807, 2.05) is 68.4 Å². The Morgan fingerprint density at radius 2 is 1.82 bits per heavy atom. The Kier molecular flexibility index (Phi) is 6.83. The highest BCUT2D eigenvalue weighted by atomic mass is 16.5. The van der Waals surface area contributed by atoms with Crippen molar-refractivity contribution in [2.75, 3.05) is 19.8 Å². The number of ether oxygens (including phenoxy) is 2. The molecule has 0 saturated heterocycles. The molecule has 0 bridgehead atoms. The summed E-state index contributed by atoms with van der Waals surface area (Å²) >= 11 is 0. The van der Waals surface area contributed by atoms with Crippen molar-refractivity contribution in [3.63, 3.8) is 0 Å². The number of rotatable bonds is 9. The van der Waals surface area contributed by atoms with Gasteiger partial charge in [-0.25, -0.2) is 4.99 Å². The number of nitrogens with zero attached hydrogens (tertiary/aromatic N) is 1. The van der Waals surface area contributed by atoms with Crippen LogP contribution < -0.4 is 0 Å². The van der Waals surface area contributed by atoms with Crippen LogP contribution in [-0.4, -0.2) is 47.6 Å². The Balaban J connectivity index is 1.71. The molecule has 2 aromatic carbocycles. The monoisotopic (exact) mass is 383 g/mol. The van der Waals surface area contributed by atoms with E-state index in [1.165, 1.54) is 0 Å². The van der Waals surface area contributed by atoms with Crippen molar-refractivity contribution in [1.82, 2.24) is 0 Å². The molecular weight excluding hydrogens is 354 g/mol. The van der Waals surface area contributed by atoms with Crippen LogP contribution in [0.2, 0.25) is 0 Å². The van der Waals surface area contributed by atoms with Crippen molar-refractivity contribution in [2.24, 2.45) is 10.9 Å². The topological polar surface area (TPSA) is 71.3 Å². The summed E-state index contributed by atoms with van der Waals surface area (Å²) in [4.78, 5) is 4.68. The third-order valence-corrected chi connectivity index (χ3v) is 4.87. The Hall–Kier alpha value is -2.21. The SMILES string of the molecule is CC1(C)COC(c2ccccc2CC(COCc2ccccc2)C(O)CO)=N1. The van der Waals surface area contributed by atoms with E-state index >= 15 is 0 Å². The van der Waals surface area contributed by atoms with Crippen molar-refractivity contribution < 1.29 is 19.7 Å². The molecule has 0 aliphatic carbocycles. The van der Waals surface area contributed by atoms with Crippen LogP contribution in [0.15, 0.2) is 59.6 Å². The van der Waals surface area contributed by atoms with Crippen molar-refractivity contribution in [3.05, 3.63) is 71.3 Å². The van der Waals surface area contributed by atoms with Gasteiger partial charge in [0.25, 0.3) is 0 Å². The molecule has 2 atom stereocenters. The predicted octanol–water partition coefficient (Wildman–Crippen LogP) is 2.97. The molecule has 0 amide bonds. The van der Waals surface area contributed by atoms with Gasteiger partial charge >= 0.3 is 0 Å². The minimum Gasteiger partial charge on any atom is -0.475 e. The molecule has 0 saturated carbocycles. The quantitative estimate of drug-likeness (QED) is 0.698. The number of benzene rings is 2. The van der Waals surface area contributed by atoms with Crippen molar-refractivity contribution in [2.45, 2.75) is 38.5 Å². The molecule has 2 N–H and O–H groups in total. The van der Waals surface area contributed by atoms with Gasteiger partial charge in [0.2, 0.25) is 5.90 Å². The van der Waals surface area contributed by atoms with E-state index in [2.05, 4.69) is 4.99 Å². The van der Waals surface area contributed by atoms with Crippen molar-refractivity contribution >= 4 is 5.90 Å². The molecule has 2 unspecified atom stereocenters. The van der Waals surface area contributed by atoms with Crippen LogP contribution >= 0.6 is 0 Å². The maximum absolute atomic E-state index is 10.3. The first-order valence-electron chi connectivity index (χ1n) is 9.70. The Labute approximate surface area is 166 Å². The van der Waals surface area contributed by atoms with Gasteiger partial charge < -0.3 is 19.7 Å². The van der Waals surface area contributed by atoms with Crippen LogP contribution in [0.5, 0.6) is 0 Å². The maximum atomic E-state index is 10.3. The van der Waals surface area contributed by atoms with Crippen LogP contribution in [0.4, 0.5) is 0 Å². The van der Waals surface area contributed by atoms with Crippen LogP contribution in [0.3, 0.4) is 0 Å². The number of aliphatic hydroxyl groups is 2. The van der Waals surface area contributed by atoms with Gasteiger partial charge in [0.05, 0.1) is 31.5 Å². The van der Waals surface area contributed by atoms with E-state index in [9.17, 15) is 10.2 Å². The smallest absolute Gasteiger partial charge is 0.217 e. The summed E-state index contributed by atoms with van der Waals surface area (Å²) in [5, 5.41) is 19.8. The average molecular weight is 383 g/mol. The lowest BCUT2D eigenvalue weighted by Gasteiger charge is -2.22. The number of hydrogen-bond donors (Lipinski definition) is 2. The molecule has 1 aliphatic rings. The fourth-order valence-corrected chi connectivity index (χ4v) is 3.27. The van der Waals surface area contributed by atoms with E-state index in [-0.39, 0.29) is 18.1 Å².